The number of methoxy groups -OCH3 is 2. The molecular weight excluding hydrogens is 292 g/mol. The Bertz CT molecular complexity index is 599. The van der Waals surface area contributed by atoms with Crippen molar-refractivity contribution in [1.82, 2.24) is 0 Å². The standard InChI is InChI=1S/C14H16N2O4S/c1-19-11-4-3-10(6-12(11)20-2)16-14-15-7-9(8-21-14)5-13(17)18/h3-4,6,8H,5,7H2,1-2H3,(H,15,16)(H,17,18). The van der Waals surface area contributed by atoms with Crippen LogP contribution in [0.25, 0.3) is 0 Å². The highest BCUT2D eigenvalue weighted by Crippen LogP contribution is 2.30. The quantitative estimate of drug-likeness (QED) is 0.870. The first-order valence-electron chi connectivity index (χ1n) is 6.22. The minimum Gasteiger partial charge on any atom is -0.493 e. The zero-order chi connectivity index (χ0) is 15.2. The van der Waals surface area contributed by atoms with E-state index in [4.69, 9.17) is 14.6 Å². The molecule has 2 N–H and O–H groups in total. The Morgan fingerprint density at radius 3 is 2.71 bits per heavy atom. The van der Waals surface area contributed by atoms with E-state index >= 15 is 0 Å². The molecule has 0 aliphatic carbocycles. The number of carbonyl (C=O) groups is 1. The van der Waals surface area contributed by atoms with Crippen LogP contribution in [0.5, 0.6) is 11.5 Å². The lowest BCUT2D eigenvalue weighted by molar-refractivity contribution is -0.136. The van der Waals surface area contributed by atoms with Crippen molar-refractivity contribution in [3.63, 3.8) is 0 Å². The number of carboxylic acid groups (broad SMARTS) is 1. The Kier molecular flexibility index (Phi) is 5.10. The number of hydrogen-bond donors (Lipinski definition) is 2. The molecule has 0 unspecified atom stereocenters. The molecule has 1 heterocycles. The molecule has 21 heavy (non-hydrogen) atoms. The lowest BCUT2D eigenvalue weighted by Gasteiger charge is -2.14. The maximum atomic E-state index is 10.6. The van der Waals surface area contributed by atoms with Gasteiger partial charge in [-0.3, -0.25) is 9.79 Å². The summed E-state index contributed by atoms with van der Waals surface area (Å²) < 4.78 is 10.4. The summed E-state index contributed by atoms with van der Waals surface area (Å²) in [5, 5.41) is 14.4. The van der Waals surface area contributed by atoms with Gasteiger partial charge in [0, 0.05) is 11.8 Å². The summed E-state index contributed by atoms with van der Waals surface area (Å²) in [7, 11) is 3.16. The maximum Gasteiger partial charge on any atom is 0.307 e. The van der Waals surface area contributed by atoms with Crippen LogP contribution in [0.3, 0.4) is 0 Å². The van der Waals surface area contributed by atoms with E-state index in [0.29, 0.717) is 18.0 Å². The van der Waals surface area contributed by atoms with Gasteiger partial charge in [0.2, 0.25) is 0 Å². The lowest BCUT2D eigenvalue weighted by atomic mass is 10.2. The number of nitrogens with one attached hydrogen (secondary N) is 1. The van der Waals surface area contributed by atoms with E-state index in [1.165, 1.54) is 11.8 Å². The summed E-state index contributed by atoms with van der Waals surface area (Å²) in [6.45, 7) is 0.398. The highest BCUT2D eigenvalue weighted by atomic mass is 32.2. The van der Waals surface area contributed by atoms with E-state index in [-0.39, 0.29) is 6.42 Å². The maximum absolute atomic E-state index is 10.6. The van der Waals surface area contributed by atoms with Gasteiger partial charge in [0.15, 0.2) is 16.7 Å². The molecule has 0 radical (unpaired) electrons. The molecule has 7 heteroatoms. The molecule has 0 saturated heterocycles. The van der Waals surface area contributed by atoms with Gasteiger partial charge in [-0.1, -0.05) is 11.8 Å². The number of hydrogen-bond acceptors (Lipinski definition) is 6. The molecule has 112 valence electrons. The van der Waals surface area contributed by atoms with Crippen LogP contribution in [0.2, 0.25) is 0 Å². The van der Waals surface area contributed by atoms with Crippen LogP contribution < -0.4 is 14.8 Å². The number of carboxylic acids is 1. The molecule has 6 nitrogen and oxygen atoms in total. The molecule has 1 aromatic rings. The molecule has 0 saturated carbocycles. The van der Waals surface area contributed by atoms with Gasteiger partial charge in [0.25, 0.3) is 0 Å². The first kappa shape index (κ1) is 15.2. The van der Waals surface area contributed by atoms with E-state index in [2.05, 4.69) is 10.3 Å². The fourth-order valence-electron chi connectivity index (χ4n) is 1.79. The van der Waals surface area contributed by atoms with E-state index < -0.39 is 5.97 Å². The van der Waals surface area contributed by atoms with Crippen LogP contribution in [0.1, 0.15) is 6.42 Å². The molecule has 0 bridgehead atoms. The minimum absolute atomic E-state index is 0.0279. The molecule has 2 rings (SSSR count). The van der Waals surface area contributed by atoms with Crippen LogP contribution >= 0.6 is 11.8 Å². The average molecular weight is 308 g/mol. The molecule has 1 aromatic carbocycles. The Morgan fingerprint density at radius 2 is 2.14 bits per heavy atom. The third-order valence-corrected chi connectivity index (χ3v) is 3.68. The number of aliphatic imine (C=N–C) groups is 1. The first-order valence-corrected chi connectivity index (χ1v) is 7.10. The molecule has 1 aliphatic rings. The highest BCUT2D eigenvalue weighted by Gasteiger charge is 2.12. The highest BCUT2D eigenvalue weighted by molar-refractivity contribution is 8.16. The van der Waals surface area contributed by atoms with Gasteiger partial charge in [-0.2, -0.15) is 0 Å². The molecule has 0 spiro atoms. The zero-order valence-corrected chi connectivity index (χ0v) is 12.6. The van der Waals surface area contributed by atoms with Gasteiger partial charge in [-0.25, -0.2) is 0 Å². The zero-order valence-electron chi connectivity index (χ0n) is 11.8. The van der Waals surface area contributed by atoms with Crippen LogP contribution in [0.4, 0.5) is 5.69 Å². The van der Waals surface area contributed by atoms with E-state index in [1.807, 2.05) is 17.5 Å². The summed E-state index contributed by atoms with van der Waals surface area (Å²) in [6.07, 6.45) is 0.0279. The van der Waals surface area contributed by atoms with Crippen molar-refractivity contribution in [2.75, 3.05) is 26.1 Å². The molecule has 0 atom stereocenters. The number of ether oxygens (including phenoxy) is 2. The van der Waals surface area contributed by atoms with Crippen molar-refractivity contribution in [1.29, 1.82) is 0 Å². The number of anilines is 1. The summed E-state index contributed by atoms with van der Waals surface area (Å²) in [6, 6.07) is 5.49. The van der Waals surface area contributed by atoms with Crippen molar-refractivity contribution < 1.29 is 19.4 Å². The molecule has 0 fully saturated rings. The van der Waals surface area contributed by atoms with E-state index in [9.17, 15) is 4.79 Å². The van der Waals surface area contributed by atoms with E-state index in [0.717, 1.165) is 16.4 Å². The monoisotopic (exact) mass is 308 g/mol. The smallest absolute Gasteiger partial charge is 0.307 e. The van der Waals surface area contributed by atoms with Crippen LogP contribution in [-0.4, -0.2) is 37.0 Å². The number of aliphatic carboxylic acids is 1. The van der Waals surface area contributed by atoms with Gasteiger partial charge in [-0.15, -0.1) is 0 Å². The van der Waals surface area contributed by atoms with Crippen molar-refractivity contribution in [2.45, 2.75) is 6.42 Å². The largest absolute Gasteiger partial charge is 0.493 e. The summed E-state index contributed by atoms with van der Waals surface area (Å²) >= 11 is 1.37. The number of rotatable bonds is 5. The fourth-order valence-corrected chi connectivity index (χ4v) is 2.54. The number of amidine groups is 1. The average Bonchev–Trinajstić information content (AvgIpc) is 2.48. The van der Waals surface area contributed by atoms with Crippen LogP contribution in [0.15, 0.2) is 34.2 Å². The van der Waals surface area contributed by atoms with Gasteiger partial charge in [0.05, 0.1) is 27.2 Å². The van der Waals surface area contributed by atoms with Crippen LogP contribution in [0, 0.1) is 0 Å². The molecule has 0 aromatic heterocycles. The van der Waals surface area contributed by atoms with Gasteiger partial charge in [0.1, 0.15) is 0 Å². The predicted octanol–water partition coefficient (Wildman–Crippen LogP) is 2.58. The predicted molar refractivity (Wildman–Crippen MR) is 83.4 cm³/mol. The molecular formula is C14H16N2O4S. The lowest BCUT2D eigenvalue weighted by Crippen LogP contribution is -2.12. The van der Waals surface area contributed by atoms with Gasteiger partial charge < -0.3 is 19.9 Å². The van der Waals surface area contributed by atoms with Gasteiger partial charge >= 0.3 is 5.97 Å². The van der Waals surface area contributed by atoms with Crippen molar-refractivity contribution in [3.05, 3.63) is 29.2 Å². The van der Waals surface area contributed by atoms with Crippen molar-refractivity contribution in [2.24, 2.45) is 4.99 Å². The SMILES string of the molecule is COc1ccc(NC2=NCC(CC(=O)O)=CS2)cc1OC. The summed E-state index contributed by atoms with van der Waals surface area (Å²) in [4.78, 5) is 15.0. The van der Waals surface area contributed by atoms with Crippen molar-refractivity contribution in [3.8, 4) is 11.5 Å². The third-order valence-electron chi connectivity index (χ3n) is 2.78. The second-order valence-electron chi connectivity index (χ2n) is 4.28. The summed E-state index contributed by atoms with van der Waals surface area (Å²) in [5.41, 5.74) is 1.62. The second-order valence-corrected chi connectivity index (χ2v) is 5.14. The number of benzene rings is 1. The minimum atomic E-state index is -0.839. The van der Waals surface area contributed by atoms with Crippen LogP contribution in [-0.2, 0) is 4.79 Å². The normalized spacial score (nSPS) is 14.0. The first-order chi connectivity index (χ1) is 10.1. The Balaban J connectivity index is 2.00. The number of nitrogens with zero attached hydrogens (tertiary/aromatic N) is 1. The Labute approximate surface area is 126 Å². The number of thioether (sulfide) groups is 1. The van der Waals surface area contributed by atoms with Gasteiger partial charge in [-0.05, 0) is 23.1 Å². The molecule has 0 amide bonds. The fraction of sp³-hybridized carbons (Fsp3) is 0.286. The second kappa shape index (κ2) is 7.03. The topological polar surface area (TPSA) is 80.2 Å². The Morgan fingerprint density at radius 1 is 1.38 bits per heavy atom. The Hall–Kier alpha value is -2.15. The third kappa shape index (κ3) is 4.16. The van der Waals surface area contributed by atoms with E-state index in [1.54, 1.807) is 20.3 Å². The van der Waals surface area contributed by atoms with Crippen molar-refractivity contribution >= 4 is 28.6 Å². The summed E-state index contributed by atoms with van der Waals surface area (Å²) in [5.74, 6) is 0.448. The molecule has 1 aliphatic heterocycles.